The molecule has 0 saturated carbocycles. The Morgan fingerprint density at radius 3 is 2.82 bits per heavy atom. The molecule has 64 valence electrons. The summed E-state index contributed by atoms with van der Waals surface area (Å²) in [5, 5.41) is 8.27. The Morgan fingerprint density at radius 2 is 2.27 bits per heavy atom. The zero-order valence-electron chi connectivity index (χ0n) is 6.75. The van der Waals surface area contributed by atoms with Crippen molar-refractivity contribution in [1.82, 2.24) is 0 Å². The molecule has 0 saturated heterocycles. The van der Waals surface area contributed by atoms with Crippen molar-refractivity contribution in [1.29, 1.82) is 0 Å². The molecule has 3 heteroatoms. The van der Waals surface area contributed by atoms with Crippen molar-refractivity contribution >= 4 is 5.97 Å². The van der Waals surface area contributed by atoms with Gasteiger partial charge in [0.15, 0.2) is 0 Å². The predicted octanol–water partition coefficient (Wildman–Crippen LogP) is 1.44. The predicted molar refractivity (Wildman–Crippen MR) is 42.5 cm³/mol. The molecule has 0 aromatic carbocycles. The Kier molecular flexibility index (Phi) is 6.73. The largest absolute Gasteiger partial charge is 0.481 e. The van der Waals surface area contributed by atoms with Crippen LogP contribution in [0.1, 0.15) is 19.3 Å². The number of carboxylic acid groups (broad SMARTS) is 1. The van der Waals surface area contributed by atoms with Crippen molar-refractivity contribution in [2.24, 2.45) is 0 Å². The minimum atomic E-state index is -0.731. The first kappa shape index (κ1) is 10.2. The number of hydrogen-bond donors (Lipinski definition) is 1. The van der Waals surface area contributed by atoms with E-state index in [1.807, 2.05) is 12.2 Å². The molecule has 0 heterocycles. The second-order valence-electron chi connectivity index (χ2n) is 2.21. The summed E-state index contributed by atoms with van der Waals surface area (Å²) in [5.74, 6) is -0.731. The van der Waals surface area contributed by atoms with Crippen LogP contribution in [0.4, 0.5) is 0 Å². The van der Waals surface area contributed by atoms with Crippen molar-refractivity contribution in [3.63, 3.8) is 0 Å². The summed E-state index contributed by atoms with van der Waals surface area (Å²) in [7, 11) is 1.63. The fraction of sp³-hybridized carbons (Fsp3) is 0.625. The number of hydrogen-bond acceptors (Lipinski definition) is 2. The van der Waals surface area contributed by atoms with Gasteiger partial charge in [0.25, 0.3) is 0 Å². The van der Waals surface area contributed by atoms with Gasteiger partial charge in [-0.3, -0.25) is 4.79 Å². The summed E-state index contributed by atoms with van der Waals surface area (Å²) in [4.78, 5) is 10.0. The van der Waals surface area contributed by atoms with Gasteiger partial charge in [-0.1, -0.05) is 12.2 Å². The Balaban J connectivity index is 3.07. The van der Waals surface area contributed by atoms with Crippen LogP contribution in [0.2, 0.25) is 0 Å². The molecule has 0 rings (SSSR count). The number of unbranched alkanes of at least 4 members (excludes halogenated alkanes) is 1. The lowest BCUT2D eigenvalue weighted by molar-refractivity contribution is -0.137. The fourth-order valence-corrected chi connectivity index (χ4v) is 0.653. The van der Waals surface area contributed by atoms with E-state index in [1.165, 1.54) is 0 Å². The summed E-state index contributed by atoms with van der Waals surface area (Å²) < 4.78 is 4.77. The number of ether oxygens (including phenoxy) is 1. The first-order valence-corrected chi connectivity index (χ1v) is 3.63. The highest BCUT2D eigenvalue weighted by Gasteiger charge is 1.92. The molecule has 0 spiro atoms. The summed E-state index contributed by atoms with van der Waals surface area (Å²) >= 11 is 0. The maximum Gasteiger partial charge on any atom is 0.303 e. The van der Waals surface area contributed by atoms with E-state index in [9.17, 15) is 4.79 Å². The molecule has 0 unspecified atom stereocenters. The zero-order chi connectivity index (χ0) is 8.53. The quantitative estimate of drug-likeness (QED) is 0.470. The summed E-state index contributed by atoms with van der Waals surface area (Å²) in [6.45, 7) is 0.604. The second-order valence-corrected chi connectivity index (χ2v) is 2.21. The standard InChI is InChI=1S/C8H14O3/c1-11-7-5-3-2-4-6-8(9)10/h3,5H,2,4,6-7H2,1H3,(H,9,10)/b5-3-. The van der Waals surface area contributed by atoms with E-state index in [2.05, 4.69) is 0 Å². The summed E-state index contributed by atoms with van der Waals surface area (Å²) in [6.07, 6.45) is 5.59. The fourth-order valence-electron chi connectivity index (χ4n) is 0.653. The molecular weight excluding hydrogens is 144 g/mol. The van der Waals surface area contributed by atoms with Crippen LogP contribution in [0.25, 0.3) is 0 Å². The van der Waals surface area contributed by atoms with Crippen LogP contribution < -0.4 is 0 Å². The smallest absolute Gasteiger partial charge is 0.303 e. The van der Waals surface area contributed by atoms with E-state index in [1.54, 1.807) is 7.11 Å². The highest BCUT2D eigenvalue weighted by Crippen LogP contribution is 1.95. The lowest BCUT2D eigenvalue weighted by atomic mass is 10.2. The van der Waals surface area contributed by atoms with Crippen LogP contribution in [-0.4, -0.2) is 24.8 Å². The molecule has 0 atom stereocenters. The van der Waals surface area contributed by atoms with Gasteiger partial charge in [-0.15, -0.1) is 0 Å². The minimum absolute atomic E-state index is 0.247. The Morgan fingerprint density at radius 1 is 1.55 bits per heavy atom. The highest BCUT2D eigenvalue weighted by atomic mass is 16.5. The number of allylic oxidation sites excluding steroid dienone is 1. The molecule has 1 N–H and O–H groups in total. The van der Waals surface area contributed by atoms with Gasteiger partial charge in [-0.05, 0) is 12.8 Å². The first-order valence-electron chi connectivity index (χ1n) is 3.63. The van der Waals surface area contributed by atoms with Crippen LogP contribution in [-0.2, 0) is 9.53 Å². The van der Waals surface area contributed by atoms with Gasteiger partial charge in [-0.25, -0.2) is 0 Å². The molecule has 0 aromatic rings. The van der Waals surface area contributed by atoms with Crippen LogP contribution in [0.5, 0.6) is 0 Å². The van der Waals surface area contributed by atoms with Gasteiger partial charge in [0, 0.05) is 13.5 Å². The highest BCUT2D eigenvalue weighted by molar-refractivity contribution is 5.66. The third-order valence-corrected chi connectivity index (χ3v) is 1.19. The van der Waals surface area contributed by atoms with Gasteiger partial charge in [0.1, 0.15) is 0 Å². The van der Waals surface area contributed by atoms with Crippen molar-refractivity contribution in [2.75, 3.05) is 13.7 Å². The molecule has 0 aromatic heterocycles. The molecule has 0 aliphatic heterocycles. The number of aliphatic carboxylic acids is 1. The third-order valence-electron chi connectivity index (χ3n) is 1.19. The summed E-state index contributed by atoms with van der Waals surface area (Å²) in [6, 6.07) is 0. The Labute approximate surface area is 66.7 Å². The van der Waals surface area contributed by atoms with E-state index in [-0.39, 0.29) is 6.42 Å². The molecule has 11 heavy (non-hydrogen) atoms. The lowest BCUT2D eigenvalue weighted by Crippen LogP contribution is -1.92. The maximum atomic E-state index is 10.0. The first-order chi connectivity index (χ1) is 5.27. The molecule has 3 nitrogen and oxygen atoms in total. The van der Waals surface area contributed by atoms with Crippen LogP contribution in [0.15, 0.2) is 12.2 Å². The molecule has 0 bridgehead atoms. The Bertz CT molecular complexity index is 129. The van der Waals surface area contributed by atoms with Gasteiger partial charge < -0.3 is 9.84 Å². The van der Waals surface area contributed by atoms with E-state index in [0.717, 1.165) is 6.42 Å². The van der Waals surface area contributed by atoms with Crippen LogP contribution in [0.3, 0.4) is 0 Å². The Hall–Kier alpha value is -0.830. The molecule has 0 aliphatic carbocycles. The van der Waals surface area contributed by atoms with Crippen molar-refractivity contribution in [2.45, 2.75) is 19.3 Å². The molecule has 0 aliphatic rings. The third kappa shape index (κ3) is 9.17. The van der Waals surface area contributed by atoms with Crippen LogP contribution in [0, 0.1) is 0 Å². The molecule has 0 fully saturated rings. The van der Waals surface area contributed by atoms with E-state index >= 15 is 0 Å². The van der Waals surface area contributed by atoms with Gasteiger partial charge in [0.2, 0.25) is 0 Å². The average molecular weight is 158 g/mol. The van der Waals surface area contributed by atoms with Crippen molar-refractivity contribution in [3.8, 4) is 0 Å². The van der Waals surface area contributed by atoms with Gasteiger partial charge in [0.05, 0.1) is 6.61 Å². The van der Waals surface area contributed by atoms with E-state index in [0.29, 0.717) is 13.0 Å². The minimum Gasteiger partial charge on any atom is -0.481 e. The van der Waals surface area contributed by atoms with Crippen molar-refractivity contribution < 1.29 is 14.6 Å². The number of rotatable bonds is 6. The van der Waals surface area contributed by atoms with E-state index < -0.39 is 5.97 Å². The zero-order valence-corrected chi connectivity index (χ0v) is 6.75. The molecule has 0 amide bonds. The van der Waals surface area contributed by atoms with Gasteiger partial charge in [-0.2, -0.15) is 0 Å². The topological polar surface area (TPSA) is 46.5 Å². The number of methoxy groups -OCH3 is 1. The molecular formula is C8H14O3. The van der Waals surface area contributed by atoms with Gasteiger partial charge >= 0.3 is 5.97 Å². The number of carbonyl (C=O) groups is 1. The van der Waals surface area contributed by atoms with E-state index in [4.69, 9.17) is 9.84 Å². The summed E-state index contributed by atoms with van der Waals surface area (Å²) in [5.41, 5.74) is 0. The normalized spacial score (nSPS) is 10.6. The number of carboxylic acids is 1. The maximum absolute atomic E-state index is 10.0. The lowest BCUT2D eigenvalue weighted by Gasteiger charge is -1.90. The monoisotopic (exact) mass is 158 g/mol. The van der Waals surface area contributed by atoms with Crippen molar-refractivity contribution in [3.05, 3.63) is 12.2 Å². The average Bonchev–Trinajstić information content (AvgIpc) is 1.96. The second kappa shape index (κ2) is 7.28. The SMILES string of the molecule is COC/C=C\CCCC(=O)O. The molecule has 0 radical (unpaired) electrons. The van der Waals surface area contributed by atoms with Crippen LogP contribution >= 0.6 is 0 Å².